The van der Waals surface area contributed by atoms with Crippen LogP contribution in [0, 0.1) is 5.92 Å². The number of nitrogens with two attached hydrogens (primary N) is 1. The third kappa shape index (κ3) is 3.69. The Morgan fingerprint density at radius 1 is 1.33 bits per heavy atom. The average molecular weight is 256 g/mol. The van der Waals surface area contributed by atoms with Crippen molar-refractivity contribution in [1.29, 1.82) is 0 Å². The zero-order valence-corrected chi connectivity index (χ0v) is 12.9. The van der Waals surface area contributed by atoms with Crippen molar-refractivity contribution in [3.8, 4) is 0 Å². The molecule has 0 saturated heterocycles. The molecule has 3 heteroatoms. The molecule has 2 atom stereocenters. The molecule has 1 rings (SSSR count). The van der Waals surface area contributed by atoms with Gasteiger partial charge in [0.05, 0.1) is 6.10 Å². The molecular weight excluding hydrogens is 224 g/mol. The summed E-state index contributed by atoms with van der Waals surface area (Å²) in [4.78, 5) is 2.63. The van der Waals surface area contributed by atoms with Crippen LogP contribution in [0.4, 0.5) is 0 Å². The molecule has 0 aliphatic heterocycles. The Balaban J connectivity index is 2.87. The molecule has 3 nitrogen and oxygen atoms in total. The molecule has 1 aliphatic rings. The molecule has 1 fully saturated rings. The lowest BCUT2D eigenvalue weighted by molar-refractivity contribution is -0.0393. The highest BCUT2D eigenvalue weighted by atomic mass is 16.5. The van der Waals surface area contributed by atoms with Gasteiger partial charge in [0.1, 0.15) is 0 Å². The van der Waals surface area contributed by atoms with Crippen molar-refractivity contribution in [3.63, 3.8) is 0 Å². The molecule has 2 N–H and O–H groups in total. The normalized spacial score (nSPS) is 29.5. The fraction of sp³-hybridized carbons (Fsp3) is 1.00. The van der Waals surface area contributed by atoms with Crippen molar-refractivity contribution in [2.24, 2.45) is 11.7 Å². The molecule has 1 aliphatic carbocycles. The first-order chi connectivity index (χ1) is 8.45. The number of hydrogen-bond acceptors (Lipinski definition) is 3. The van der Waals surface area contributed by atoms with Crippen molar-refractivity contribution in [2.45, 2.75) is 71.1 Å². The minimum Gasteiger partial charge on any atom is -0.381 e. The van der Waals surface area contributed by atoms with Gasteiger partial charge in [-0.1, -0.05) is 13.8 Å². The Kier molecular flexibility index (Phi) is 6.09. The molecular formula is C15H32N2O. The monoisotopic (exact) mass is 256 g/mol. The second-order valence-corrected chi connectivity index (χ2v) is 6.52. The van der Waals surface area contributed by atoms with E-state index in [1.165, 1.54) is 19.3 Å². The van der Waals surface area contributed by atoms with Crippen LogP contribution in [0.3, 0.4) is 0 Å². The van der Waals surface area contributed by atoms with Crippen molar-refractivity contribution >= 4 is 0 Å². The van der Waals surface area contributed by atoms with Crippen LogP contribution in [-0.2, 0) is 4.74 Å². The molecule has 0 amide bonds. The fourth-order valence-corrected chi connectivity index (χ4v) is 3.40. The van der Waals surface area contributed by atoms with Crippen LogP contribution in [0.15, 0.2) is 0 Å². The maximum absolute atomic E-state index is 6.17. The fourth-order valence-electron chi connectivity index (χ4n) is 3.40. The van der Waals surface area contributed by atoms with Crippen LogP contribution in [0.2, 0.25) is 0 Å². The van der Waals surface area contributed by atoms with Gasteiger partial charge < -0.3 is 10.5 Å². The predicted molar refractivity (Wildman–Crippen MR) is 77.7 cm³/mol. The van der Waals surface area contributed by atoms with E-state index < -0.39 is 0 Å². The van der Waals surface area contributed by atoms with Gasteiger partial charge in [-0.05, 0) is 45.4 Å². The first-order valence-corrected chi connectivity index (χ1v) is 7.45. The Labute approximate surface area is 113 Å². The van der Waals surface area contributed by atoms with E-state index >= 15 is 0 Å². The van der Waals surface area contributed by atoms with Gasteiger partial charge in [0.15, 0.2) is 0 Å². The summed E-state index contributed by atoms with van der Waals surface area (Å²) in [7, 11) is 1.83. The Bertz CT molecular complexity index is 243. The molecule has 0 bridgehead atoms. The minimum absolute atomic E-state index is 0.150. The maximum atomic E-state index is 6.17. The molecule has 0 aromatic rings. The topological polar surface area (TPSA) is 38.5 Å². The summed E-state index contributed by atoms with van der Waals surface area (Å²) in [5, 5.41) is 0. The van der Waals surface area contributed by atoms with Gasteiger partial charge in [-0.15, -0.1) is 0 Å². The van der Waals surface area contributed by atoms with Crippen molar-refractivity contribution in [1.82, 2.24) is 4.90 Å². The Morgan fingerprint density at radius 3 is 2.44 bits per heavy atom. The first kappa shape index (κ1) is 15.9. The van der Waals surface area contributed by atoms with Gasteiger partial charge in [-0.25, -0.2) is 0 Å². The molecule has 0 aromatic carbocycles. The van der Waals surface area contributed by atoms with E-state index in [4.69, 9.17) is 10.5 Å². The third-order valence-electron chi connectivity index (χ3n) is 4.28. The first-order valence-electron chi connectivity index (χ1n) is 7.45. The van der Waals surface area contributed by atoms with Gasteiger partial charge >= 0.3 is 0 Å². The largest absolute Gasteiger partial charge is 0.381 e. The highest BCUT2D eigenvalue weighted by Crippen LogP contribution is 2.36. The Morgan fingerprint density at radius 2 is 2.00 bits per heavy atom. The lowest BCUT2D eigenvalue weighted by Crippen LogP contribution is -2.60. The second kappa shape index (κ2) is 6.88. The zero-order valence-electron chi connectivity index (χ0n) is 12.9. The SMILES string of the molecule is COC1CCCC(CN)(N(CC(C)C)C(C)C)C1. The predicted octanol–water partition coefficient (Wildman–Crippen LogP) is 2.64. The summed E-state index contributed by atoms with van der Waals surface area (Å²) >= 11 is 0. The van der Waals surface area contributed by atoms with Crippen LogP contribution in [0.1, 0.15) is 53.4 Å². The van der Waals surface area contributed by atoms with Crippen LogP contribution < -0.4 is 5.73 Å². The van der Waals surface area contributed by atoms with E-state index in [9.17, 15) is 0 Å². The number of ether oxygens (including phenoxy) is 1. The van der Waals surface area contributed by atoms with E-state index in [-0.39, 0.29) is 5.54 Å². The zero-order chi connectivity index (χ0) is 13.8. The molecule has 1 saturated carbocycles. The molecule has 0 aromatic heterocycles. The summed E-state index contributed by atoms with van der Waals surface area (Å²) in [6, 6.07) is 0.548. The lowest BCUT2D eigenvalue weighted by Gasteiger charge is -2.50. The summed E-state index contributed by atoms with van der Waals surface area (Å²) < 4.78 is 5.60. The second-order valence-electron chi connectivity index (χ2n) is 6.52. The summed E-state index contributed by atoms with van der Waals surface area (Å²) in [5.41, 5.74) is 6.32. The number of nitrogens with zero attached hydrogens (tertiary/aromatic N) is 1. The quantitative estimate of drug-likeness (QED) is 0.794. The molecule has 2 unspecified atom stereocenters. The van der Waals surface area contributed by atoms with Gasteiger partial charge in [-0.2, -0.15) is 0 Å². The third-order valence-corrected chi connectivity index (χ3v) is 4.28. The van der Waals surface area contributed by atoms with Crippen LogP contribution >= 0.6 is 0 Å². The molecule has 0 heterocycles. The van der Waals surface area contributed by atoms with E-state index in [0.717, 1.165) is 19.5 Å². The molecule has 0 radical (unpaired) electrons. The highest BCUT2D eigenvalue weighted by Gasteiger charge is 2.41. The minimum atomic E-state index is 0.150. The molecule has 18 heavy (non-hydrogen) atoms. The van der Waals surface area contributed by atoms with Gasteiger partial charge in [0, 0.05) is 31.8 Å². The Hall–Kier alpha value is -0.120. The average Bonchev–Trinajstić information content (AvgIpc) is 2.35. The van der Waals surface area contributed by atoms with Crippen LogP contribution in [0.5, 0.6) is 0 Å². The number of hydrogen-bond donors (Lipinski definition) is 1. The highest BCUT2D eigenvalue weighted by molar-refractivity contribution is 4.98. The van der Waals surface area contributed by atoms with E-state index in [1.54, 1.807) is 0 Å². The standard InChI is InChI=1S/C15H32N2O/c1-12(2)10-17(13(3)4)15(11-16)8-6-7-14(9-15)18-5/h12-14H,6-11,16H2,1-5H3. The van der Waals surface area contributed by atoms with Crippen molar-refractivity contribution in [2.75, 3.05) is 20.2 Å². The summed E-state index contributed by atoms with van der Waals surface area (Å²) in [6.07, 6.45) is 5.11. The molecule has 108 valence electrons. The van der Waals surface area contributed by atoms with Gasteiger partial charge in [0.2, 0.25) is 0 Å². The van der Waals surface area contributed by atoms with Crippen molar-refractivity contribution < 1.29 is 4.74 Å². The number of rotatable bonds is 6. The lowest BCUT2D eigenvalue weighted by atomic mass is 9.77. The van der Waals surface area contributed by atoms with Crippen LogP contribution in [0.25, 0.3) is 0 Å². The van der Waals surface area contributed by atoms with Gasteiger partial charge in [-0.3, -0.25) is 4.90 Å². The smallest absolute Gasteiger partial charge is 0.0589 e. The van der Waals surface area contributed by atoms with E-state index in [2.05, 4.69) is 32.6 Å². The van der Waals surface area contributed by atoms with Gasteiger partial charge in [0.25, 0.3) is 0 Å². The van der Waals surface area contributed by atoms with E-state index in [0.29, 0.717) is 18.1 Å². The van der Waals surface area contributed by atoms with Crippen LogP contribution in [-0.4, -0.2) is 42.8 Å². The van der Waals surface area contributed by atoms with E-state index in [1.807, 2.05) is 7.11 Å². The summed E-state index contributed by atoms with van der Waals surface area (Å²) in [6.45, 7) is 11.0. The summed E-state index contributed by atoms with van der Waals surface area (Å²) in [5.74, 6) is 0.679. The van der Waals surface area contributed by atoms with Crippen molar-refractivity contribution in [3.05, 3.63) is 0 Å². The maximum Gasteiger partial charge on any atom is 0.0589 e. The number of methoxy groups -OCH3 is 1. The molecule has 0 spiro atoms.